The normalized spacial score (nSPS) is 26.9. The highest BCUT2D eigenvalue weighted by Gasteiger charge is 2.55. The molecule has 1 atom stereocenters. The lowest BCUT2D eigenvalue weighted by Gasteiger charge is -2.56. The minimum absolute atomic E-state index is 0.0241. The Morgan fingerprint density at radius 1 is 1.23 bits per heavy atom. The number of rotatable bonds is 6. The zero-order valence-corrected chi connectivity index (χ0v) is 17.4. The van der Waals surface area contributed by atoms with Gasteiger partial charge >= 0.3 is 0 Å². The molecule has 3 aliphatic carbocycles. The van der Waals surface area contributed by atoms with Crippen molar-refractivity contribution in [2.24, 2.45) is 0 Å². The Morgan fingerprint density at radius 2 is 2.00 bits per heavy atom. The van der Waals surface area contributed by atoms with E-state index in [1.807, 2.05) is 0 Å². The molecule has 0 aliphatic heterocycles. The minimum Gasteiger partial charge on any atom is -0.484 e. The molecule has 0 unspecified atom stereocenters. The molecule has 5 rings (SSSR count). The van der Waals surface area contributed by atoms with Crippen LogP contribution >= 0.6 is 11.6 Å². The summed E-state index contributed by atoms with van der Waals surface area (Å²) < 4.78 is 18.9. The first kappa shape index (κ1) is 21.5. The number of nitrogens with one attached hydrogen (secondary N) is 2. The first-order valence-corrected chi connectivity index (χ1v) is 10.3. The highest BCUT2D eigenvalue weighted by atomic mass is 35.5. The number of aliphatic hydroxyl groups excluding tert-OH is 1. The highest BCUT2D eigenvalue weighted by Crippen LogP contribution is 2.47. The lowest BCUT2D eigenvalue weighted by molar-refractivity contribution is -0.129. The van der Waals surface area contributed by atoms with Gasteiger partial charge in [-0.05, 0) is 44.2 Å². The van der Waals surface area contributed by atoms with Crippen LogP contribution in [0.25, 0.3) is 0 Å². The van der Waals surface area contributed by atoms with Gasteiger partial charge in [0.05, 0.1) is 22.9 Å². The molecule has 10 heteroatoms. The van der Waals surface area contributed by atoms with Gasteiger partial charge < -0.3 is 20.5 Å². The first-order valence-electron chi connectivity index (χ1n) is 9.96. The average molecular weight is 449 g/mol. The maximum atomic E-state index is 13.5. The minimum atomic E-state index is -0.817. The third-order valence-corrected chi connectivity index (χ3v) is 6.45. The smallest absolute Gasteiger partial charge is 0.271 e. The van der Waals surface area contributed by atoms with Gasteiger partial charge in [0.1, 0.15) is 17.3 Å². The van der Waals surface area contributed by atoms with Crippen LogP contribution in [0.4, 0.5) is 4.39 Å². The summed E-state index contributed by atoms with van der Waals surface area (Å²) in [7, 11) is 0. The zero-order valence-electron chi connectivity index (χ0n) is 16.6. The van der Waals surface area contributed by atoms with Crippen molar-refractivity contribution in [3.63, 3.8) is 0 Å². The lowest BCUT2D eigenvalue weighted by atomic mass is 9.60. The third kappa shape index (κ3) is 4.47. The Morgan fingerprint density at radius 3 is 2.65 bits per heavy atom. The van der Waals surface area contributed by atoms with Crippen LogP contribution in [0.5, 0.6) is 5.75 Å². The van der Waals surface area contributed by atoms with E-state index in [0.29, 0.717) is 32.1 Å². The van der Waals surface area contributed by atoms with Crippen LogP contribution in [0.15, 0.2) is 36.8 Å². The van der Waals surface area contributed by atoms with Crippen molar-refractivity contribution in [1.29, 1.82) is 0 Å². The maximum Gasteiger partial charge on any atom is 0.271 e. The molecule has 1 heterocycles. The molecule has 0 spiro atoms. The van der Waals surface area contributed by atoms with E-state index >= 15 is 0 Å². The van der Waals surface area contributed by atoms with Crippen molar-refractivity contribution in [1.82, 2.24) is 20.6 Å². The second kappa shape index (κ2) is 8.39. The number of halogens is 2. The van der Waals surface area contributed by atoms with E-state index in [0.717, 1.165) is 6.07 Å². The monoisotopic (exact) mass is 448 g/mol. The summed E-state index contributed by atoms with van der Waals surface area (Å²) in [5.41, 5.74) is -1.13. The number of carbonyl (C=O) groups excluding carboxylic acids is 2. The van der Waals surface area contributed by atoms with Crippen molar-refractivity contribution in [2.75, 3.05) is 6.61 Å². The highest BCUT2D eigenvalue weighted by molar-refractivity contribution is 6.30. The van der Waals surface area contributed by atoms with E-state index in [2.05, 4.69) is 20.6 Å². The maximum absolute atomic E-state index is 13.5. The number of aliphatic hydroxyl groups is 1. The number of ether oxygens (including phenoxy) is 1. The molecule has 0 saturated heterocycles. The summed E-state index contributed by atoms with van der Waals surface area (Å²) in [5, 5.41) is 16.7. The molecule has 0 radical (unpaired) electrons. The van der Waals surface area contributed by atoms with Crippen LogP contribution < -0.4 is 15.4 Å². The second-order valence-corrected chi connectivity index (χ2v) is 8.52. The molecule has 2 bridgehead atoms. The Balaban J connectivity index is 1.34. The van der Waals surface area contributed by atoms with Crippen LogP contribution in [0.3, 0.4) is 0 Å². The van der Waals surface area contributed by atoms with Gasteiger partial charge in [-0.15, -0.1) is 0 Å². The van der Waals surface area contributed by atoms with Gasteiger partial charge in [-0.3, -0.25) is 14.6 Å². The SMILES string of the molecule is O=C(COc1ccc(Cl)c(F)c1)NC12CCC(NC(=O)c3cnccn3)(CC1)[C@H](O)C2. The molecule has 3 aliphatic rings. The topological polar surface area (TPSA) is 113 Å². The van der Waals surface area contributed by atoms with E-state index in [1.165, 1.54) is 30.7 Å². The predicted molar refractivity (Wildman–Crippen MR) is 109 cm³/mol. The Hall–Kier alpha value is -2.78. The van der Waals surface area contributed by atoms with Gasteiger partial charge in [0.2, 0.25) is 0 Å². The molecule has 31 heavy (non-hydrogen) atoms. The molecule has 8 nitrogen and oxygen atoms in total. The number of nitrogens with zero attached hydrogens (tertiary/aromatic N) is 2. The standard InChI is InChI=1S/C21H22ClFN4O4/c22-14-2-1-13(9-15(14)23)31-12-18(29)26-20-3-5-21(6-4-20,17(28)10-20)27-19(30)16-11-24-7-8-25-16/h1-2,7-9,11,17,28H,3-6,10,12H2,(H,26,29)(H,27,30)/t17-,20?,21?/m1/s1. The van der Waals surface area contributed by atoms with Crippen LogP contribution in [0, 0.1) is 5.82 Å². The number of fused-ring (bicyclic) bond motifs is 3. The number of amides is 2. The van der Waals surface area contributed by atoms with Crippen LogP contribution in [0.2, 0.25) is 5.02 Å². The predicted octanol–water partition coefficient (Wildman–Crippen LogP) is 2.01. The quantitative estimate of drug-likeness (QED) is 0.623. The van der Waals surface area contributed by atoms with Crippen molar-refractivity contribution >= 4 is 23.4 Å². The summed E-state index contributed by atoms with van der Waals surface area (Å²) in [5.74, 6) is -1.16. The fraction of sp³-hybridized carbons (Fsp3) is 0.429. The number of hydrogen-bond donors (Lipinski definition) is 3. The largest absolute Gasteiger partial charge is 0.484 e. The van der Waals surface area contributed by atoms with Crippen LogP contribution in [-0.2, 0) is 4.79 Å². The molecule has 2 aromatic rings. The Labute approximate surface area is 183 Å². The summed E-state index contributed by atoms with van der Waals surface area (Å²) in [6.07, 6.45) is 6.03. The molecule has 3 saturated carbocycles. The lowest BCUT2D eigenvalue weighted by Crippen LogP contribution is -2.70. The van der Waals surface area contributed by atoms with E-state index in [-0.39, 0.29) is 34.9 Å². The molecular weight excluding hydrogens is 427 g/mol. The zero-order chi connectivity index (χ0) is 22.1. The first-order chi connectivity index (χ1) is 14.8. The van der Waals surface area contributed by atoms with E-state index in [4.69, 9.17) is 16.3 Å². The molecular formula is C21H22ClFN4O4. The van der Waals surface area contributed by atoms with Gasteiger partial charge in [-0.25, -0.2) is 9.37 Å². The second-order valence-electron chi connectivity index (χ2n) is 8.11. The molecule has 164 valence electrons. The Kier molecular flexibility index (Phi) is 5.81. The van der Waals surface area contributed by atoms with Crippen molar-refractivity contribution in [2.45, 2.75) is 49.3 Å². The summed E-state index contributed by atoms with van der Waals surface area (Å²) >= 11 is 5.64. The van der Waals surface area contributed by atoms with E-state index < -0.39 is 23.0 Å². The Bertz CT molecular complexity index is 983. The van der Waals surface area contributed by atoms with Gasteiger partial charge in [-0.2, -0.15) is 0 Å². The summed E-state index contributed by atoms with van der Waals surface area (Å²) in [4.78, 5) is 32.9. The summed E-state index contributed by atoms with van der Waals surface area (Å²) in [6.45, 7) is -0.284. The van der Waals surface area contributed by atoms with Gasteiger partial charge in [0.15, 0.2) is 6.61 Å². The van der Waals surface area contributed by atoms with E-state index in [1.54, 1.807) is 0 Å². The van der Waals surface area contributed by atoms with E-state index in [9.17, 15) is 19.1 Å². The molecule has 1 aromatic heterocycles. The third-order valence-electron chi connectivity index (χ3n) is 6.15. The number of carbonyl (C=O) groups is 2. The van der Waals surface area contributed by atoms with Crippen molar-refractivity contribution in [3.05, 3.63) is 53.3 Å². The number of benzene rings is 1. The van der Waals surface area contributed by atoms with Gasteiger partial charge in [-0.1, -0.05) is 11.6 Å². The molecule has 1 aromatic carbocycles. The van der Waals surface area contributed by atoms with Crippen LogP contribution in [-0.4, -0.2) is 50.7 Å². The summed E-state index contributed by atoms with van der Waals surface area (Å²) in [6, 6.07) is 3.96. The van der Waals surface area contributed by atoms with Crippen molar-refractivity contribution < 1.29 is 23.8 Å². The molecule has 3 N–H and O–H groups in total. The fourth-order valence-electron chi connectivity index (χ4n) is 4.42. The number of hydrogen-bond acceptors (Lipinski definition) is 6. The average Bonchev–Trinajstić information content (AvgIpc) is 2.76. The van der Waals surface area contributed by atoms with Crippen LogP contribution in [0.1, 0.15) is 42.6 Å². The van der Waals surface area contributed by atoms with Gasteiger partial charge in [0, 0.05) is 24.0 Å². The fourth-order valence-corrected chi connectivity index (χ4v) is 4.53. The molecule has 2 amide bonds. The number of aromatic nitrogens is 2. The van der Waals surface area contributed by atoms with Crippen molar-refractivity contribution in [3.8, 4) is 5.75 Å². The molecule has 3 fully saturated rings. The van der Waals surface area contributed by atoms with Gasteiger partial charge in [0.25, 0.3) is 11.8 Å².